The van der Waals surface area contributed by atoms with Crippen LogP contribution in [-0.2, 0) is 0 Å². The molecule has 0 unspecified atom stereocenters. The topological polar surface area (TPSA) is 88.0 Å². The molecule has 19 heavy (non-hydrogen) atoms. The van der Waals surface area contributed by atoms with Crippen molar-refractivity contribution < 1.29 is 9.90 Å². The van der Waals surface area contributed by atoms with E-state index in [1.807, 2.05) is 0 Å². The molecule has 0 aromatic carbocycles. The number of hydrogen-bond donors (Lipinski definition) is 2. The van der Waals surface area contributed by atoms with Crippen molar-refractivity contribution in [3.05, 3.63) is 48.2 Å². The normalized spacial score (nSPS) is 9.32. The molecule has 2 aromatic rings. The van der Waals surface area contributed by atoms with Gasteiger partial charge in [0.15, 0.2) is 0 Å². The van der Waals surface area contributed by atoms with Crippen LogP contribution in [0, 0.1) is 11.8 Å². The van der Waals surface area contributed by atoms with Gasteiger partial charge in [-0.2, -0.15) is 0 Å². The number of nitrogens with one attached hydrogen (secondary N) is 1. The highest BCUT2D eigenvalue weighted by atomic mass is 16.2. The Balaban J connectivity index is 2.13. The standard InChI is InChI=1S/C13H10N4O2/c18-7-1-2-10-3-4-16-12(8-10)17-13(19)11-9-14-5-6-15-11/h3-6,8-9,18H,7H2,(H,16,17,19). The highest BCUT2D eigenvalue weighted by Crippen LogP contribution is 2.07. The zero-order valence-corrected chi connectivity index (χ0v) is 9.87. The molecule has 0 aliphatic heterocycles. The Labute approximate surface area is 109 Å². The van der Waals surface area contributed by atoms with Gasteiger partial charge in [0.2, 0.25) is 0 Å². The van der Waals surface area contributed by atoms with Crippen LogP contribution in [0.4, 0.5) is 5.82 Å². The second-order valence-electron chi connectivity index (χ2n) is 3.43. The third-order valence-electron chi connectivity index (χ3n) is 2.11. The molecule has 2 rings (SSSR count). The summed E-state index contributed by atoms with van der Waals surface area (Å²) in [4.78, 5) is 23.5. The van der Waals surface area contributed by atoms with Crippen LogP contribution in [0.25, 0.3) is 0 Å². The van der Waals surface area contributed by atoms with Crippen molar-refractivity contribution in [2.45, 2.75) is 0 Å². The van der Waals surface area contributed by atoms with Gasteiger partial charge < -0.3 is 10.4 Å². The number of carbonyl (C=O) groups is 1. The Morgan fingerprint density at radius 3 is 2.95 bits per heavy atom. The molecular weight excluding hydrogens is 244 g/mol. The van der Waals surface area contributed by atoms with Gasteiger partial charge in [0, 0.05) is 24.2 Å². The van der Waals surface area contributed by atoms with Crippen molar-refractivity contribution in [3.63, 3.8) is 0 Å². The van der Waals surface area contributed by atoms with Crippen LogP contribution >= 0.6 is 0 Å². The number of aliphatic hydroxyl groups is 1. The van der Waals surface area contributed by atoms with Crippen molar-refractivity contribution in [2.75, 3.05) is 11.9 Å². The van der Waals surface area contributed by atoms with Crippen molar-refractivity contribution in [1.29, 1.82) is 0 Å². The highest BCUT2D eigenvalue weighted by molar-refractivity contribution is 6.02. The Kier molecular flexibility index (Phi) is 4.16. The lowest BCUT2D eigenvalue weighted by Gasteiger charge is -2.03. The molecule has 2 heterocycles. The first-order valence-electron chi connectivity index (χ1n) is 5.43. The third-order valence-corrected chi connectivity index (χ3v) is 2.11. The number of rotatable bonds is 2. The maximum absolute atomic E-state index is 11.8. The van der Waals surface area contributed by atoms with E-state index in [4.69, 9.17) is 5.11 Å². The summed E-state index contributed by atoms with van der Waals surface area (Å²) < 4.78 is 0. The average molecular weight is 254 g/mol. The number of hydrogen-bond acceptors (Lipinski definition) is 5. The molecule has 2 aromatic heterocycles. The number of amides is 1. The summed E-state index contributed by atoms with van der Waals surface area (Å²) in [6.45, 7) is -0.219. The molecule has 6 heteroatoms. The van der Waals surface area contributed by atoms with Gasteiger partial charge in [-0.25, -0.2) is 9.97 Å². The highest BCUT2D eigenvalue weighted by Gasteiger charge is 2.07. The van der Waals surface area contributed by atoms with Crippen LogP contribution < -0.4 is 5.32 Å². The summed E-state index contributed by atoms with van der Waals surface area (Å²) in [6.07, 6.45) is 5.81. The Morgan fingerprint density at radius 2 is 2.21 bits per heavy atom. The largest absolute Gasteiger partial charge is 0.384 e. The SMILES string of the molecule is O=C(Nc1cc(C#CCO)ccn1)c1cnccn1. The first-order valence-corrected chi connectivity index (χ1v) is 5.43. The minimum absolute atomic E-state index is 0.205. The number of nitrogens with zero attached hydrogens (tertiary/aromatic N) is 3. The van der Waals surface area contributed by atoms with Crippen molar-refractivity contribution in [2.24, 2.45) is 0 Å². The van der Waals surface area contributed by atoms with Gasteiger partial charge in [0.25, 0.3) is 5.91 Å². The van der Waals surface area contributed by atoms with Crippen LogP contribution in [0.5, 0.6) is 0 Å². The predicted octanol–water partition coefficient (Wildman–Crippen LogP) is 0.468. The molecule has 2 N–H and O–H groups in total. The summed E-state index contributed by atoms with van der Waals surface area (Å²) in [5.41, 5.74) is 0.856. The minimum atomic E-state index is -0.395. The maximum Gasteiger partial charge on any atom is 0.277 e. The summed E-state index contributed by atoms with van der Waals surface area (Å²) >= 11 is 0. The molecule has 0 saturated heterocycles. The van der Waals surface area contributed by atoms with E-state index >= 15 is 0 Å². The first-order chi connectivity index (χ1) is 9.29. The van der Waals surface area contributed by atoms with Crippen LogP contribution in [-0.4, -0.2) is 32.6 Å². The van der Waals surface area contributed by atoms with E-state index < -0.39 is 5.91 Å². The quantitative estimate of drug-likeness (QED) is 0.760. The molecule has 0 aliphatic rings. The van der Waals surface area contributed by atoms with E-state index in [9.17, 15) is 4.79 Å². The zero-order valence-electron chi connectivity index (χ0n) is 9.87. The Bertz CT molecular complexity index is 632. The monoisotopic (exact) mass is 254 g/mol. The third kappa shape index (κ3) is 3.59. The Morgan fingerprint density at radius 1 is 1.32 bits per heavy atom. The second kappa shape index (κ2) is 6.23. The van der Waals surface area contributed by atoms with Gasteiger partial charge in [0.05, 0.1) is 6.20 Å². The summed E-state index contributed by atoms with van der Waals surface area (Å²) in [5.74, 6) is 5.21. The van der Waals surface area contributed by atoms with Gasteiger partial charge in [0.1, 0.15) is 18.1 Å². The molecule has 0 radical (unpaired) electrons. The fraction of sp³-hybridized carbons (Fsp3) is 0.0769. The molecule has 6 nitrogen and oxygen atoms in total. The maximum atomic E-state index is 11.8. The average Bonchev–Trinajstić information content (AvgIpc) is 2.46. The van der Waals surface area contributed by atoms with Crippen molar-refractivity contribution >= 4 is 11.7 Å². The van der Waals surface area contributed by atoms with Crippen molar-refractivity contribution in [1.82, 2.24) is 15.0 Å². The molecule has 0 bridgehead atoms. The number of aliphatic hydroxyl groups excluding tert-OH is 1. The number of aromatic nitrogens is 3. The van der Waals surface area contributed by atoms with Crippen molar-refractivity contribution in [3.8, 4) is 11.8 Å². The molecule has 0 atom stereocenters. The second-order valence-corrected chi connectivity index (χ2v) is 3.43. The lowest BCUT2D eigenvalue weighted by Crippen LogP contribution is -2.14. The number of anilines is 1. The van der Waals surface area contributed by atoms with Gasteiger partial charge in [-0.1, -0.05) is 11.8 Å². The number of pyridine rings is 1. The smallest absolute Gasteiger partial charge is 0.277 e. The van der Waals surface area contributed by atoms with Gasteiger partial charge >= 0.3 is 0 Å². The molecular formula is C13H10N4O2. The van der Waals surface area contributed by atoms with Crippen LogP contribution in [0.15, 0.2) is 36.9 Å². The summed E-state index contributed by atoms with van der Waals surface area (Å²) in [7, 11) is 0. The van der Waals surface area contributed by atoms with Gasteiger partial charge in [-0.3, -0.25) is 9.78 Å². The fourth-order valence-electron chi connectivity index (χ4n) is 1.31. The lowest BCUT2D eigenvalue weighted by molar-refractivity contribution is 0.102. The molecule has 0 aliphatic carbocycles. The fourth-order valence-corrected chi connectivity index (χ4v) is 1.31. The molecule has 1 amide bonds. The molecule has 0 fully saturated rings. The van der Waals surface area contributed by atoms with Crippen LogP contribution in [0.3, 0.4) is 0 Å². The van der Waals surface area contributed by atoms with Crippen LogP contribution in [0.1, 0.15) is 16.1 Å². The molecule has 0 spiro atoms. The summed E-state index contributed by atoms with van der Waals surface area (Å²) in [6, 6.07) is 3.29. The molecule has 94 valence electrons. The number of carbonyl (C=O) groups excluding carboxylic acids is 1. The first kappa shape index (κ1) is 12.7. The van der Waals surface area contributed by atoms with Gasteiger partial charge in [-0.15, -0.1) is 0 Å². The van der Waals surface area contributed by atoms with Gasteiger partial charge in [-0.05, 0) is 12.1 Å². The van der Waals surface area contributed by atoms with E-state index in [1.54, 1.807) is 12.1 Å². The Hall–Kier alpha value is -2.78. The predicted molar refractivity (Wildman–Crippen MR) is 68.2 cm³/mol. The van der Waals surface area contributed by atoms with Crippen LogP contribution in [0.2, 0.25) is 0 Å². The van der Waals surface area contributed by atoms with E-state index in [0.29, 0.717) is 11.4 Å². The lowest BCUT2D eigenvalue weighted by atomic mass is 10.2. The zero-order chi connectivity index (χ0) is 13.5. The minimum Gasteiger partial charge on any atom is -0.384 e. The van der Waals surface area contributed by atoms with E-state index in [0.717, 1.165) is 0 Å². The van der Waals surface area contributed by atoms with E-state index in [-0.39, 0.29) is 12.3 Å². The van der Waals surface area contributed by atoms with E-state index in [1.165, 1.54) is 24.8 Å². The van der Waals surface area contributed by atoms with E-state index in [2.05, 4.69) is 32.1 Å². The summed E-state index contributed by atoms with van der Waals surface area (Å²) in [5, 5.41) is 11.2. The molecule has 0 saturated carbocycles.